The van der Waals surface area contributed by atoms with E-state index in [9.17, 15) is 18.0 Å². The first-order valence-electron chi connectivity index (χ1n) is 13.1. The molecule has 4 aromatic rings. The summed E-state index contributed by atoms with van der Waals surface area (Å²) < 4.78 is 89.2. The maximum absolute atomic E-state index is 15.0. The number of nitrogens with one attached hydrogen (secondary N) is 2. The van der Waals surface area contributed by atoms with Gasteiger partial charge >= 0.3 is 12.2 Å². The van der Waals surface area contributed by atoms with Crippen LogP contribution in [0.3, 0.4) is 0 Å². The summed E-state index contributed by atoms with van der Waals surface area (Å²) in [6.07, 6.45) is -1.32. The fraction of sp³-hybridized carbons (Fsp3) is 0.321. The minimum Gasteiger partial charge on any atom is -0.481 e. The van der Waals surface area contributed by atoms with Gasteiger partial charge in [-0.25, -0.2) is 23.5 Å². The third-order valence-electron chi connectivity index (χ3n) is 6.18. The van der Waals surface area contributed by atoms with Gasteiger partial charge in [0.2, 0.25) is 5.88 Å². The van der Waals surface area contributed by atoms with Crippen LogP contribution in [-0.2, 0) is 24.2 Å². The normalized spacial score (nSPS) is 11.9. The third kappa shape index (κ3) is 8.19. The summed E-state index contributed by atoms with van der Waals surface area (Å²) >= 11 is 0. The van der Waals surface area contributed by atoms with Gasteiger partial charge in [0, 0.05) is 63.7 Å². The largest absolute Gasteiger partial charge is 0.481 e. The molecule has 0 fully saturated rings. The molecule has 0 radical (unpaired) electrons. The van der Waals surface area contributed by atoms with Crippen molar-refractivity contribution in [2.75, 3.05) is 19.0 Å². The summed E-state index contributed by atoms with van der Waals surface area (Å²) in [5.74, 6) is -3.56. The molecule has 2 N–H and O–H groups in total. The van der Waals surface area contributed by atoms with E-state index in [0.29, 0.717) is 18.1 Å². The van der Waals surface area contributed by atoms with Crippen molar-refractivity contribution in [1.29, 1.82) is 0 Å². The molecule has 43 heavy (non-hydrogen) atoms. The molecule has 0 aliphatic carbocycles. The number of hydrogen-bond donors (Lipinski definition) is 2. The van der Waals surface area contributed by atoms with E-state index in [1.165, 1.54) is 24.1 Å². The molecule has 9 nitrogen and oxygen atoms in total. The number of benzene rings is 1. The molecule has 230 valence electrons. The van der Waals surface area contributed by atoms with Crippen LogP contribution in [0.4, 0.5) is 32.4 Å². The SMILES string of the molecule is COc1cc(CNC(=O)Nc2cc(F)c(Oc3ccnc4c3c(C(F)(F)F)cn4COCC[Si](C)(C)C)c(F)c2)ccn1. The van der Waals surface area contributed by atoms with Crippen LogP contribution in [0.5, 0.6) is 17.4 Å². The molecule has 3 aromatic heterocycles. The number of carbonyl (C=O) groups is 1. The lowest BCUT2D eigenvalue weighted by atomic mass is 10.2. The van der Waals surface area contributed by atoms with Crippen LogP contribution in [0, 0.1) is 11.6 Å². The van der Waals surface area contributed by atoms with Crippen LogP contribution in [0.2, 0.25) is 25.7 Å². The zero-order chi connectivity index (χ0) is 31.4. The predicted molar refractivity (Wildman–Crippen MR) is 152 cm³/mol. The van der Waals surface area contributed by atoms with Crippen molar-refractivity contribution < 1.29 is 41.0 Å². The van der Waals surface area contributed by atoms with Crippen molar-refractivity contribution in [3.05, 3.63) is 71.7 Å². The highest BCUT2D eigenvalue weighted by atomic mass is 28.3. The van der Waals surface area contributed by atoms with Gasteiger partial charge in [0.05, 0.1) is 18.1 Å². The number of nitrogens with zero attached hydrogens (tertiary/aromatic N) is 3. The Morgan fingerprint density at radius 3 is 2.40 bits per heavy atom. The molecular formula is C28H30F5N5O4Si. The first-order valence-corrected chi connectivity index (χ1v) is 16.8. The predicted octanol–water partition coefficient (Wildman–Crippen LogP) is 7.16. The lowest BCUT2D eigenvalue weighted by Crippen LogP contribution is -2.28. The van der Waals surface area contributed by atoms with E-state index in [1.54, 1.807) is 12.1 Å². The average molecular weight is 624 g/mol. The first kappa shape index (κ1) is 31.7. The van der Waals surface area contributed by atoms with E-state index in [2.05, 4.69) is 40.2 Å². The van der Waals surface area contributed by atoms with Crippen LogP contribution in [0.25, 0.3) is 11.0 Å². The number of anilines is 1. The summed E-state index contributed by atoms with van der Waals surface area (Å²) in [5, 5.41) is 4.35. The van der Waals surface area contributed by atoms with Gasteiger partial charge in [0.25, 0.3) is 0 Å². The highest BCUT2D eigenvalue weighted by Crippen LogP contribution is 2.42. The van der Waals surface area contributed by atoms with E-state index in [4.69, 9.17) is 14.2 Å². The number of aromatic nitrogens is 3. The average Bonchev–Trinajstić information content (AvgIpc) is 3.32. The monoisotopic (exact) mass is 623 g/mol. The van der Waals surface area contributed by atoms with Crippen molar-refractivity contribution in [3.8, 4) is 17.4 Å². The molecule has 0 aliphatic rings. The molecule has 0 bridgehead atoms. The van der Waals surface area contributed by atoms with Crippen LogP contribution >= 0.6 is 0 Å². The molecule has 0 unspecified atom stereocenters. The quantitative estimate of drug-likeness (QED) is 0.105. The van der Waals surface area contributed by atoms with Gasteiger partial charge in [0.15, 0.2) is 17.4 Å². The number of hydrogen-bond acceptors (Lipinski definition) is 6. The fourth-order valence-electron chi connectivity index (χ4n) is 3.99. The number of carbonyl (C=O) groups excluding carboxylic acids is 1. The number of methoxy groups -OCH3 is 1. The summed E-state index contributed by atoms with van der Waals surface area (Å²) in [4.78, 5) is 20.3. The van der Waals surface area contributed by atoms with Gasteiger partial charge in [-0.1, -0.05) is 19.6 Å². The van der Waals surface area contributed by atoms with E-state index in [0.717, 1.165) is 30.4 Å². The Labute approximate surface area is 245 Å². The van der Waals surface area contributed by atoms with Gasteiger partial charge < -0.3 is 29.4 Å². The van der Waals surface area contributed by atoms with Crippen LogP contribution in [-0.4, -0.2) is 42.4 Å². The van der Waals surface area contributed by atoms with Gasteiger partial charge in [0.1, 0.15) is 18.1 Å². The molecule has 15 heteroatoms. The maximum Gasteiger partial charge on any atom is 0.418 e. The minimum atomic E-state index is -4.82. The summed E-state index contributed by atoms with van der Waals surface area (Å²) in [5.41, 5.74) is -0.802. The molecule has 0 saturated carbocycles. The summed E-state index contributed by atoms with van der Waals surface area (Å²) in [6.45, 7) is 6.66. The second-order valence-electron chi connectivity index (χ2n) is 10.8. The standard InChI is InChI=1S/C28H30F5N5O4Si/c1-40-23-11-17(5-7-34-23)14-36-27(39)37-18-12-20(29)25(21(30)13-18)42-22-6-8-35-26-24(22)19(28(31,32)33)15-38(26)16-41-9-10-43(2,3)4/h5-8,11-13,15H,9-10,14,16H2,1-4H3,(H2,36,37,39). The molecular weight excluding hydrogens is 593 g/mol. The van der Waals surface area contributed by atoms with Gasteiger partial charge in [-0.2, -0.15) is 13.2 Å². The number of alkyl halides is 3. The fourth-order valence-corrected chi connectivity index (χ4v) is 4.75. The van der Waals surface area contributed by atoms with E-state index in [-0.39, 0.29) is 24.6 Å². The van der Waals surface area contributed by atoms with Crippen molar-refractivity contribution in [2.45, 2.75) is 45.1 Å². The maximum atomic E-state index is 15.0. The number of amides is 2. The van der Waals surface area contributed by atoms with Gasteiger partial charge in [-0.3, -0.25) is 0 Å². The van der Waals surface area contributed by atoms with E-state index >= 15 is 8.78 Å². The molecule has 3 heterocycles. The topological polar surface area (TPSA) is 99.5 Å². The summed E-state index contributed by atoms with van der Waals surface area (Å²) in [6, 6.07) is 5.95. The van der Waals surface area contributed by atoms with Crippen molar-refractivity contribution in [2.24, 2.45) is 0 Å². The Morgan fingerprint density at radius 2 is 1.74 bits per heavy atom. The van der Waals surface area contributed by atoms with Crippen LogP contribution in [0.1, 0.15) is 11.1 Å². The molecule has 1 aromatic carbocycles. The second kappa shape index (κ2) is 13.0. The number of halogens is 5. The van der Waals surface area contributed by atoms with Crippen molar-refractivity contribution in [1.82, 2.24) is 19.9 Å². The molecule has 0 spiro atoms. The smallest absolute Gasteiger partial charge is 0.418 e. The molecule has 2 amide bonds. The van der Waals surface area contributed by atoms with Gasteiger partial charge in [-0.15, -0.1) is 0 Å². The van der Waals surface area contributed by atoms with E-state index < -0.39 is 54.4 Å². The van der Waals surface area contributed by atoms with E-state index in [1.807, 2.05) is 0 Å². The lowest BCUT2D eigenvalue weighted by Gasteiger charge is -2.15. The Morgan fingerprint density at radius 1 is 1.05 bits per heavy atom. The minimum absolute atomic E-state index is 0.0689. The summed E-state index contributed by atoms with van der Waals surface area (Å²) in [7, 11) is 0.0161. The first-order chi connectivity index (χ1) is 20.2. The van der Waals surface area contributed by atoms with Gasteiger partial charge in [-0.05, 0) is 23.7 Å². The second-order valence-corrected chi connectivity index (χ2v) is 16.4. The lowest BCUT2D eigenvalue weighted by molar-refractivity contribution is -0.136. The Kier molecular flexibility index (Phi) is 9.54. The third-order valence-corrected chi connectivity index (χ3v) is 7.88. The Hall–Kier alpha value is -4.24. The Bertz CT molecular complexity index is 1580. The number of urea groups is 1. The molecule has 0 saturated heterocycles. The van der Waals surface area contributed by atoms with Crippen LogP contribution in [0.15, 0.2) is 48.9 Å². The number of ether oxygens (including phenoxy) is 3. The molecule has 4 rings (SSSR count). The number of pyridine rings is 2. The molecule has 0 aliphatic heterocycles. The highest BCUT2D eigenvalue weighted by Gasteiger charge is 2.37. The number of rotatable bonds is 11. The zero-order valence-corrected chi connectivity index (χ0v) is 24.8. The van der Waals surface area contributed by atoms with Crippen molar-refractivity contribution in [3.63, 3.8) is 0 Å². The number of fused-ring (bicyclic) bond motifs is 1. The van der Waals surface area contributed by atoms with Crippen molar-refractivity contribution >= 4 is 30.8 Å². The zero-order valence-electron chi connectivity index (χ0n) is 23.8. The van der Waals surface area contributed by atoms with Crippen LogP contribution < -0.4 is 20.1 Å². The highest BCUT2D eigenvalue weighted by molar-refractivity contribution is 6.76. The molecule has 0 atom stereocenters. The Balaban J connectivity index is 1.53.